The molecule has 4 N–H and O–H groups in total. The summed E-state index contributed by atoms with van der Waals surface area (Å²) in [6.45, 7) is 3.36. The van der Waals surface area contributed by atoms with Crippen molar-refractivity contribution in [3.63, 3.8) is 0 Å². The molecule has 1 saturated heterocycles. The van der Waals surface area contributed by atoms with Gasteiger partial charge in [0.15, 0.2) is 11.7 Å². The molecule has 8 nitrogen and oxygen atoms in total. The van der Waals surface area contributed by atoms with Gasteiger partial charge in [0.2, 0.25) is 0 Å². The molecule has 1 aliphatic rings. The van der Waals surface area contributed by atoms with Gasteiger partial charge in [-0.05, 0) is 25.0 Å². The lowest BCUT2D eigenvalue weighted by Gasteiger charge is -2.12. The molecule has 0 spiro atoms. The zero-order valence-electron chi connectivity index (χ0n) is 13.3. The molecule has 1 aliphatic heterocycles. The van der Waals surface area contributed by atoms with Crippen molar-refractivity contribution in [2.24, 2.45) is 10.7 Å². The maximum absolute atomic E-state index is 11.0. The highest BCUT2D eigenvalue weighted by Gasteiger charge is 2.15. The molecule has 128 valence electrons. The summed E-state index contributed by atoms with van der Waals surface area (Å²) in [5.41, 5.74) is 5.14. The van der Waals surface area contributed by atoms with Crippen molar-refractivity contribution in [1.29, 1.82) is 0 Å². The van der Waals surface area contributed by atoms with E-state index < -0.39 is 5.91 Å². The van der Waals surface area contributed by atoms with Gasteiger partial charge in [-0.25, -0.2) is 0 Å². The second kappa shape index (κ2) is 9.16. The van der Waals surface area contributed by atoms with E-state index >= 15 is 0 Å². The number of nitrogens with one attached hydrogen (secondary N) is 2. The Kier molecular flexibility index (Phi) is 6.89. The quantitative estimate of drug-likeness (QED) is 0.359. The third kappa shape index (κ3) is 5.91. The summed E-state index contributed by atoms with van der Waals surface area (Å²) in [5, 5.41) is 6.29. The van der Waals surface area contributed by atoms with Crippen LogP contribution in [0.15, 0.2) is 21.5 Å². The van der Waals surface area contributed by atoms with E-state index in [0.29, 0.717) is 31.5 Å². The molecule has 2 heterocycles. The number of hydrogen-bond donors (Lipinski definition) is 3. The molecule has 23 heavy (non-hydrogen) atoms. The Balaban J connectivity index is 1.60. The standard InChI is InChI=1S/C15H24N4O4/c1-17-15(18-6-2-7-22-12-5-8-21-10-12)19-9-11-3-4-13(23-11)14(16)20/h3-4,12H,2,5-10H2,1H3,(H2,16,20)(H2,17,18,19). The summed E-state index contributed by atoms with van der Waals surface area (Å²) < 4.78 is 16.2. The van der Waals surface area contributed by atoms with Crippen LogP contribution in [-0.2, 0) is 16.0 Å². The number of carbonyl (C=O) groups excluding carboxylic acids is 1. The number of furan rings is 1. The van der Waals surface area contributed by atoms with E-state index in [0.717, 1.165) is 26.0 Å². The Morgan fingerprint density at radius 2 is 2.35 bits per heavy atom. The predicted molar refractivity (Wildman–Crippen MR) is 85.2 cm³/mol. The van der Waals surface area contributed by atoms with Crippen LogP contribution in [0.5, 0.6) is 0 Å². The first kappa shape index (κ1) is 17.3. The van der Waals surface area contributed by atoms with Gasteiger partial charge in [-0.1, -0.05) is 0 Å². The van der Waals surface area contributed by atoms with Crippen LogP contribution in [0.1, 0.15) is 29.2 Å². The Morgan fingerprint density at radius 3 is 3.00 bits per heavy atom. The van der Waals surface area contributed by atoms with Gasteiger partial charge in [0.05, 0.1) is 19.3 Å². The average molecular weight is 324 g/mol. The molecule has 2 rings (SSSR count). The summed E-state index contributed by atoms with van der Waals surface area (Å²) in [5.74, 6) is 0.849. The fraction of sp³-hybridized carbons (Fsp3) is 0.600. The van der Waals surface area contributed by atoms with Crippen LogP contribution in [0.2, 0.25) is 0 Å². The molecule has 1 unspecified atom stereocenters. The van der Waals surface area contributed by atoms with Crippen LogP contribution in [0.3, 0.4) is 0 Å². The minimum absolute atomic E-state index is 0.151. The number of rotatable bonds is 8. The normalized spacial score (nSPS) is 18.1. The van der Waals surface area contributed by atoms with Gasteiger partial charge in [-0.15, -0.1) is 0 Å². The van der Waals surface area contributed by atoms with Crippen LogP contribution < -0.4 is 16.4 Å². The third-order valence-electron chi connectivity index (χ3n) is 3.41. The van der Waals surface area contributed by atoms with Gasteiger partial charge >= 0.3 is 0 Å². The van der Waals surface area contributed by atoms with E-state index in [4.69, 9.17) is 19.6 Å². The van der Waals surface area contributed by atoms with Crippen LogP contribution in [0.4, 0.5) is 0 Å². The third-order valence-corrected chi connectivity index (χ3v) is 3.41. The monoisotopic (exact) mass is 324 g/mol. The fourth-order valence-electron chi connectivity index (χ4n) is 2.17. The largest absolute Gasteiger partial charge is 0.454 e. The average Bonchev–Trinajstić information content (AvgIpc) is 3.21. The Bertz CT molecular complexity index is 523. The maximum Gasteiger partial charge on any atom is 0.284 e. The summed E-state index contributed by atoms with van der Waals surface area (Å²) >= 11 is 0. The molecular formula is C15H24N4O4. The first-order chi connectivity index (χ1) is 11.2. The second-order valence-corrected chi connectivity index (χ2v) is 5.19. The first-order valence-electron chi connectivity index (χ1n) is 7.71. The van der Waals surface area contributed by atoms with E-state index in [-0.39, 0.29) is 11.9 Å². The maximum atomic E-state index is 11.0. The molecule has 1 aromatic rings. The number of aliphatic imine (C=N–C) groups is 1. The van der Waals surface area contributed by atoms with Gasteiger partial charge in [0.25, 0.3) is 5.91 Å². The number of amides is 1. The number of nitrogens with zero attached hydrogens (tertiary/aromatic N) is 1. The predicted octanol–water partition coefficient (Wildman–Crippen LogP) is 0.239. The summed E-state index contributed by atoms with van der Waals surface area (Å²) in [7, 11) is 1.69. The summed E-state index contributed by atoms with van der Waals surface area (Å²) in [6, 6.07) is 3.26. The molecule has 1 atom stereocenters. The molecule has 0 saturated carbocycles. The van der Waals surface area contributed by atoms with Crippen LogP contribution in [0, 0.1) is 0 Å². The molecule has 0 bridgehead atoms. The molecule has 0 aromatic carbocycles. The first-order valence-corrected chi connectivity index (χ1v) is 7.71. The molecule has 1 fully saturated rings. The zero-order chi connectivity index (χ0) is 16.5. The summed E-state index contributed by atoms with van der Waals surface area (Å²) in [4.78, 5) is 15.1. The highest BCUT2D eigenvalue weighted by Crippen LogP contribution is 2.08. The smallest absolute Gasteiger partial charge is 0.284 e. The van der Waals surface area contributed by atoms with E-state index in [9.17, 15) is 4.79 Å². The second-order valence-electron chi connectivity index (χ2n) is 5.19. The van der Waals surface area contributed by atoms with Gasteiger partial charge in [0, 0.05) is 26.8 Å². The van der Waals surface area contributed by atoms with Crippen molar-refractivity contribution in [3.8, 4) is 0 Å². The molecule has 0 radical (unpaired) electrons. The fourth-order valence-corrected chi connectivity index (χ4v) is 2.17. The number of guanidine groups is 1. The van der Waals surface area contributed by atoms with E-state index in [2.05, 4.69) is 15.6 Å². The molecule has 1 amide bonds. The highest BCUT2D eigenvalue weighted by molar-refractivity contribution is 5.89. The molecule has 8 heteroatoms. The van der Waals surface area contributed by atoms with Crippen molar-refractivity contribution < 1.29 is 18.7 Å². The van der Waals surface area contributed by atoms with Crippen molar-refractivity contribution in [3.05, 3.63) is 23.7 Å². The minimum Gasteiger partial charge on any atom is -0.454 e. The Hall–Kier alpha value is -2.06. The van der Waals surface area contributed by atoms with E-state index in [1.807, 2.05) is 0 Å². The lowest BCUT2D eigenvalue weighted by Crippen LogP contribution is -2.37. The summed E-state index contributed by atoms with van der Waals surface area (Å²) in [6.07, 6.45) is 2.10. The van der Waals surface area contributed by atoms with Crippen LogP contribution in [-0.4, -0.2) is 51.4 Å². The number of hydrogen-bond acceptors (Lipinski definition) is 5. The van der Waals surface area contributed by atoms with Gasteiger partial charge in [-0.3, -0.25) is 9.79 Å². The lowest BCUT2D eigenvalue weighted by molar-refractivity contribution is 0.0420. The van der Waals surface area contributed by atoms with E-state index in [1.165, 1.54) is 0 Å². The zero-order valence-corrected chi connectivity index (χ0v) is 13.3. The van der Waals surface area contributed by atoms with Crippen LogP contribution in [0.25, 0.3) is 0 Å². The number of ether oxygens (including phenoxy) is 2. The number of carbonyl (C=O) groups is 1. The van der Waals surface area contributed by atoms with Crippen molar-refractivity contribution >= 4 is 11.9 Å². The van der Waals surface area contributed by atoms with Gasteiger partial charge in [0.1, 0.15) is 5.76 Å². The topological polar surface area (TPSA) is 111 Å². The van der Waals surface area contributed by atoms with Crippen molar-refractivity contribution in [2.75, 3.05) is 33.4 Å². The SMILES string of the molecule is CN=C(NCCCOC1CCOC1)NCc1ccc(C(N)=O)o1. The van der Waals surface area contributed by atoms with Crippen molar-refractivity contribution in [2.45, 2.75) is 25.5 Å². The minimum atomic E-state index is -0.577. The number of primary amides is 1. The van der Waals surface area contributed by atoms with Crippen molar-refractivity contribution in [1.82, 2.24) is 10.6 Å². The molecular weight excluding hydrogens is 300 g/mol. The Labute approximate surface area is 135 Å². The molecule has 0 aliphatic carbocycles. The lowest BCUT2D eigenvalue weighted by atomic mass is 10.3. The van der Waals surface area contributed by atoms with Gasteiger partial charge in [-0.2, -0.15) is 0 Å². The van der Waals surface area contributed by atoms with Crippen LogP contribution >= 0.6 is 0 Å². The number of nitrogens with two attached hydrogens (primary N) is 1. The highest BCUT2D eigenvalue weighted by atomic mass is 16.5. The van der Waals surface area contributed by atoms with E-state index in [1.54, 1.807) is 19.2 Å². The molecule has 1 aromatic heterocycles. The Morgan fingerprint density at radius 1 is 1.48 bits per heavy atom. The van der Waals surface area contributed by atoms with Gasteiger partial charge < -0.3 is 30.3 Å².